The molecule has 0 aliphatic carbocycles. The number of carboxylic acids is 1. The van der Waals surface area contributed by atoms with Crippen molar-refractivity contribution in [3.05, 3.63) is 99.2 Å². The van der Waals surface area contributed by atoms with E-state index >= 15 is 8.78 Å². The smallest absolute Gasteiger partial charge is 0.346 e. The summed E-state index contributed by atoms with van der Waals surface area (Å²) in [6, 6.07) is 11.1. The van der Waals surface area contributed by atoms with Gasteiger partial charge in [0.2, 0.25) is 0 Å². The van der Waals surface area contributed by atoms with E-state index in [0.717, 1.165) is 42.0 Å². The van der Waals surface area contributed by atoms with Gasteiger partial charge in [-0.05, 0) is 54.4 Å². The van der Waals surface area contributed by atoms with E-state index in [1.54, 1.807) is 4.57 Å². The summed E-state index contributed by atoms with van der Waals surface area (Å²) in [6.07, 6.45) is 0.634. The topological polar surface area (TPSA) is 110 Å². The van der Waals surface area contributed by atoms with Crippen LogP contribution in [0, 0.1) is 34.6 Å². The minimum atomic E-state index is -1.08. The van der Waals surface area contributed by atoms with Crippen LogP contribution in [0.5, 0.6) is 5.88 Å². The highest BCUT2D eigenvalue weighted by atomic mass is 32.1. The van der Waals surface area contributed by atoms with E-state index in [1.807, 2.05) is 6.07 Å². The fourth-order valence-electron chi connectivity index (χ4n) is 4.68. The molecule has 0 spiro atoms. The van der Waals surface area contributed by atoms with Crippen molar-refractivity contribution in [3.63, 3.8) is 0 Å². The Morgan fingerprint density at radius 3 is 2.53 bits per heavy atom. The molecule has 1 N–H and O–H groups in total. The van der Waals surface area contributed by atoms with Crippen molar-refractivity contribution >= 4 is 27.7 Å². The second kappa shape index (κ2) is 11.5. The fraction of sp³-hybridized carbons (Fsp3) is 0.200. The number of carboxylic acid groups (broad SMARTS) is 1. The zero-order chi connectivity index (χ0) is 30.2. The van der Waals surface area contributed by atoms with Crippen molar-refractivity contribution in [3.8, 4) is 23.2 Å². The summed E-state index contributed by atoms with van der Waals surface area (Å²) >= 11 is 0.993. The standard InChI is InChI=1S/C30H20F4N4O4S/c31-20-3-4-24(36-28(20)42-14-16-2-1-15(12-35)7-21(16)32)19-10-22(33)17(8-23(19)34)9-27-37-29-25(11-26(43-29)30(39)40)38(27)13-18-5-6-41-18/h1-4,7-8,10-11,18H,5-6,9,13-14H2,(H,39,40). The predicted molar refractivity (Wildman–Crippen MR) is 147 cm³/mol. The predicted octanol–water partition coefficient (Wildman–Crippen LogP) is 6.24. The lowest BCUT2D eigenvalue weighted by Gasteiger charge is -2.27. The van der Waals surface area contributed by atoms with Crippen molar-refractivity contribution < 1.29 is 36.9 Å². The zero-order valence-corrected chi connectivity index (χ0v) is 22.9. The molecule has 1 aliphatic heterocycles. The number of carbonyl (C=O) groups is 1. The second-order valence-corrected chi connectivity index (χ2v) is 10.8. The summed E-state index contributed by atoms with van der Waals surface area (Å²) in [4.78, 5) is 20.5. The number of nitrogens with zero attached hydrogens (tertiary/aromatic N) is 4. The van der Waals surface area contributed by atoms with Gasteiger partial charge in [-0.25, -0.2) is 32.3 Å². The monoisotopic (exact) mass is 608 g/mol. The van der Waals surface area contributed by atoms with Crippen molar-refractivity contribution in [2.75, 3.05) is 6.61 Å². The van der Waals surface area contributed by atoms with Crippen LogP contribution in [0.4, 0.5) is 17.6 Å². The van der Waals surface area contributed by atoms with Crippen molar-refractivity contribution in [2.24, 2.45) is 0 Å². The highest BCUT2D eigenvalue weighted by Crippen LogP contribution is 2.32. The van der Waals surface area contributed by atoms with Crippen LogP contribution >= 0.6 is 11.3 Å². The van der Waals surface area contributed by atoms with Gasteiger partial charge < -0.3 is 19.1 Å². The highest BCUT2D eigenvalue weighted by molar-refractivity contribution is 7.20. The fourth-order valence-corrected chi connectivity index (χ4v) is 5.57. The molecule has 1 atom stereocenters. The number of imidazole rings is 1. The van der Waals surface area contributed by atoms with E-state index in [-0.39, 0.29) is 45.3 Å². The Bertz CT molecular complexity index is 1930. The molecular formula is C30H20F4N4O4S. The molecule has 5 aromatic rings. The minimum Gasteiger partial charge on any atom is -0.477 e. The third-order valence-corrected chi connectivity index (χ3v) is 8.04. The van der Waals surface area contributed by atoms with Gasteiger partial charge in [-0.1, -0.05) is 6.07 Å². The van der Waals surface area contributed by atoms with Crippen molar-refractivity contribution in [2.45, 2.75) is 32.1 Å². The lowest BCUT2D eigenvalue weighted by atomic mass is 10.0. The molecule has 1 aliphatic rings. The molecule has 0 saturated carbocycles. The molecule has 1 fully saturated rings. The van der Waals surface area contributed by atoms with Gasteiger partial charge in [0.05, 0.1) is 35.5 Å². The van der Waals surface area contributed by atoms with Crippen LogP contribution in [-0.2, 0) is 24.3 Å². The van der Waals surface area contributed by atoms with Gasteiger partial charge in [0, 0.05) is 24.2 Å². The first-order valence-electron chi connectivity index (χ1n) is 13.0. The average Bonchev–Trinajstić information content (AvgIpc) is 3.51. The molecule has 3 aromatic heterocycles. The Hall–Kier alpha value is -4.80. The summed E-state index contributed by atoms with van der Waals surface area (Å²) in [5.74, 6) is -4.38. The Labute approximate surface area is 245 Å². The number of nitriles is 1. The van der Waals surface area contributed by atoms with E-state index in [4.69, 9.17) is 14.7 Å². The molecule has 8 nitrogen and oxygen atoms in total. The number of rotatable bonds is 9. The van der Waals surface area contributed by atoms with Gasteiger partial charge in [0.25, 0.3) is 5.88 Å². The third kappa shape index (κ3) is 5.67. The van der Waals surface area contributed by atoms with Crippen molar-refractivity contribution in [1.29, 1.82) is 5.26 Å². The first-order valence-corrected chi connectivity index (χ1v) is 13.8. The molecule has 1 unspecified atom stereocenters. The quantitative estimate of drug-likeness (QED) is 0.197. The van der Waals surface area contributed by atoms with Crippen LogP contribution < -0.4 is 4.74 Å². The van der Waals surface area contributed by atoms with Gasteiger partial charge in [-0.15, -0.1) is 11.3 Å². The number of ether oxygens (including phenoxy) is 2. The summed E-state index contributed by atoms with van der Waals surface area (Å²) in [7, 11) is 0. The minimum absolute atomic E-state index is 0.00279. The van der Waals surface area contributed by atoms with Crippen LogP contribution in [0.1, 0.15) is 38.6 Å². The molecule has 2 aromatic carbocycles. The van der Waals surface area contributed by atoms with E-state index in [9.17, 15) is 18.7 Å². The average molecular weight is 609 g/mol. The van der Waals surface area contributed by atoms with Gasteiger partial charge in [0.1, 0.15) is 39.6 Å². The van der Waals surface area contributed by atoms with E-state index in [1.165, 1.54) is 24.3 Å². The SMILES string of the molecule is N#Cc1ccc(COc2nc(-c3cc(F)c(Cc4nc5sc(C(=O)O)cc5n4CC4CCO4)cc3F)ccc2F)c(F)c1. The normalized spacial score (nSPS) is 14.4. The van der Waals surface area contributed by atoms with Crippen LogP contribution in [-0.4, -0.2) is 38.3 Å². The molecule has 6 rings (SSSR count). The van der Waals surface area contributed by atoms with Crippen LogP contribution in [0.15, 0.2) is 48.5 Å². The van der Waals surface area contributed by atoms with Gasteiger partial charge >= 0.3 is 5.97 Å². The van der Waals surface area contributed by atoms with E-state index in [2.05, 4.69) is 9.97 Å². The van der Waals surface area contributed by atoms with Crippen LogP contribution in [0.25, 0.3) is 21.6 Å². The molecule has 13 heteroatoms. The van der Waals surface area contributed by atoms with Gasteiger partial charge in [0.15, 0.2) is 5.82 Å². The number of hydrogen-bond donors (Lipinski definition) is 1. The Balaban J connectivity index is 1.26. The maximum absolute atomic E-state index is 15.4. The first-order chi connectivity index (χ1) is 20.7. The molecule has 4 heterocycles. The number of benzene rings is 2. The van der Waals surface area contributed by atoms with Crippen LogP contribution in [0.3, 0.4) is 0 Å². The largest absolute Gasteiger partial charge is 0.477 e. The van der Waals surface area contributed by atoms with E-state index in [0.29, 0.717) is 29.3 Å². The number of halogens is 4. The molecule has 0 radical (unpaired) electrons. The number of hydrogen-bond acceptors (Lipinski definition) is 7. The summed E-state index contributed by atoms with van der Waals surface area (Å²) < 4.78 is 72.0. The van der Waals surface area contributed by atoms with Gasteiger partial charge in [-0.2, -0.15) is 5.26 Å². The Morgan fingerprint density at radius 2 is 1.84 bits per heavy atom. The number of fused-ring (bicyclic) bond motifs is 1. The molecule has 1 saturated heterocycles. The molecule has 218 valence electrons. The molecule has 43 heavy (non-hydrogen) atoms. The zero-order valence-electron chi connectivity index (χ0n) is 22.1. The lowest BCUT2D eigenvalue weighted by molar-refractivity contribution is -0.0589. The number of aromatic carboxylic acids is 1. The highest BCUT2D eigenvalue weighted by Gasteiger charge is 2.25. The maximum Gasteiger partial charge on any atom is 0.346 e. The number of aromatic nitrogens is 3. The van der Waals surface area contributed by atoms with Crippen LogP contribution in [0.2, 0.25) is 0 Å². The summed E-state index contributed by atoms with van der Waals surface area (Å²) in [5.41, 5.74) is 0.391. The van der Waals surface area contributed by atoms with E-state index < -0.39 is 41.7 Å². The summed E-state index contributed by atoms with van der Waals surface area (Å²) in [5, 5.41) is 18.2. The van der Waals surface area contributed by atoms with Gasteiger partial charge in [-0.3, -0.25) is 0 Å². The first kappa shape index (κ1) is 28.3. The number of thiophene rings is 1. The van der Waals surface area contributed by atoms with Crippen molar-refractivity contribution in [1.82, 2.24) is 14.5 Å². The molecule has 0 bridgehead atoms. The Morgan fingerprint density at radius 1 is 1.05 bits per heavy atom. The number of pyridine rings is 1. The lowest BCUT2D eigenvalue weighted by Crippen LogP contribution is -2.31. The summed E-state index contributed by atoms with van der Waals surface area (Å²) in [6.45, 7) is 0.586. The maximum atomic E-state index is 15.4. The second-order valence-electron chi connectivity index (χ2n) is 9.82. The molecule has 0 amide bonds. The third-order valence-electron chi connectivity index (χ3n) is 7.04. The molecular weight excluding hydrogens is 588 g/mol. The Kier molecular flexibility index (Phi) is 7.55.